The first-order chi connectivity index (χ1) is 12.1. The average molecular weight is 362 g/mol. The summed E-state index contributed by atoms with van der Waals surface area (Å²) in [5.41, 5.74) is 3.05. The normalized spacial score (nSPS) is 10.8. The number of aromatic carboxylic acids is 2. The molecule has 0 saturated carbocycles. The molecule has 0 aliphatic rings. The Labute approximate surface area is 147 Å². The van der Waals surface area contributed by atoms with Crippen LogP contribution < -0.4 is 16.0 Å². The van der Waals surface area contributed by atoms with Gasteiger partial charge in [-0.2, -0.15) is 0 Å². The van der Waals surface area contributed by atoms with Crippen molar-refractivity contribution in [3.05, 3.63) is 39.2 Å². The highest BCUT2D eigenvalue weighted by atomic mass is 16.5. The number of anilines is 1. The van der Waals surface area contributed by atoms with Crippen LogP contribution in [-0.2, 0) is 0 Å². The highest BCUT2D eigenvalue weighted by Gasteiger charge is 2.29. The van der Waals surface area contributed by atoms with Crippen LogP contribution in [0.25, 0.3) is 11.1 Å². The molecular formula is C17H18N2O7. The molecule has 1 heterocycles. The Morgan fingerprint density at radius 3 is 2.19 bits per heavy atom. The van der Waals surface area contributed by atoms with Crippen LogP contribution in [0.5, 0.6) is 11.5 Å². The number of methoxy groups -OCH3 is 1. The quantitative estimate of drug-likeness (QED) is 0.538. The summed E-state index contributed by atoms with van der Waals surface area (Å²) in [5.74, 6) is -4.26. The molecule has 26 heavy (non-hydrogen) atoms. The van der Waals surface area contributed by atoms with Gasteiger partial charge >= 0.3 is 11.9 Å². The number of hydrogen-bond acceptors (Lipinski definition) is 6. The third kappa shape index (κ3) is 3.06. The minimum atomic E-state index is -1.66. The molecule has 0 saturated heterocycles. The number of carbonyl (C=O) groups is 2. The molecule has 9 nitrogen and oxygen atoms in total. The fourth-order valence-electron chi connectivity index (χ4n) is 2.62. The van der Waals surface area contributed by atoms with Gasteiger partial charge in [-0.3, -0.25) is 4.79 Å². The van der Waals surface area contributed by atoms with Crippen LogP contribution in [0.1, 0.15) is 46.0 Å². The molecule has 0 spiro atoms. The summed E-state index contributed by atoms with van der Waals surface area (Å²) in [6.45, 7) is 3.69. The van der Waals surface area contributed by atoms with Gasteiger partial charge in [0.05, 0.1) is 7.11 Å². The number of nitrogens with one attached hydrogen (secondary N) is 1. The topological polar surface area (TPSA) is 163 Å². The monoisotopic (exact) mass is 362 g/mol. The first-order valence-corrected chi connectivity index (χ1v) is 7.53. The van der Waals surface area contributed by atoms with Gasteiger partial charge in [0.2, 0.25) is 0 Å². The first kappa shape index (κ1) is 18.8. The van der Waals surface area contributed by atoms with Crippen molar-refractivity contribution in [2.75, 3.05) is 12.8 Å². The number of aromatic nitrogens is 1. The van der Waals surface area contributed by atoms with Crippen molar-refractivity contribution < 1.29 is 29.6 Å². The Morgan fingerprint density at radius 2 is 1.73 bits per heavy atom. The second-order valence-electron chi connectivity index (χ2n) is 5.88. The maximum Gasteiger partial charge on any atom is 0.342 e. The van der Waals surface area contributed by atoms with Crippen molar-refractivity contribution in [2.45, 2.75) is 19.8 Å². The summed E-state index contributed by atoms with van der Waals surface area (Å²) in [5, 5.41) is 29.4. The van der Waals surface area contributed by atoms with E-state index in [4.69, 9.17) is 10.5 Å². The number of ether oxygens (including phenoxy) is 1. The lowest BCUT2D eigenvalue weighted by Crippen LogP contribution is -2.24. The van der Waals surface area contributed by atoms with Crippen molar-refractivity contribution in [3.63, 3.8) is 0 Å². The number of rotatable bonds is 5. The number of nitrogens with two attached hydrogens (primary N) is 1. The predicted molar refractivity (Wildman–Crippen MR) is 93.1 cm³/mol. The van der Waals surface area contributed by atoms with E-state index in [0.717, 1.165) is 0 Å². The van der Waals surface area contributed by atoms with Gasteiger partial charge in [-0.25, -0.2) is 9.59 Å². The number of aromatic hydroxyl groups is 1. The van der Waals surface area contributed by atoms with Gasteiger partial charge in [0.25, 0.3) is 5.56 Å². The highest BCUT2D eigenvalue weighted by molar-refractivity contribution is 6.08. The SMILES string of the molecule is COc1cc(C(C)C)cc(-c2c(C(=O)O)c(N)[nH]c(=O)c2C(=O)O)c1O. The van der Waals surface area contributed by atoms with Crippen LogP contribution in [0.4, 0.5) is 5.82 Å². The molecule has 1 aromatic carbocycles. The molecule has 1 aromatic heterocycles. The lowest BCUT2D eigenvalue weighted by atomic mass is 9.91. The van der Waals surface area contributed by atoms with E-state index in [1.807, 2.05) is 18.8 Å². The van der Waals surface area contributed by atoms with Gasteiger partial charge in [0.1, 0.15) is 16.9 Å². The van der Waals surface area contributed by atoms with Crippen LogP contribution in [0.3, 0.4) is 0 Å². The number of nitrogen functional groups attached to an aromatic ring is 1. The minimum absolute atomic E-state index is 0.0118. The zero-order valence-electron chi connectivity index (χ0n) is 14.3. The summed E-state index contributed by atoms with van der Waals surface area (Å²) >= 11 is 0. The maximum absolute atomic E-state index is 12.1. The van der Waals surface area contributed by atoms with Crippen molar-refractivity contribution in [1.29, 1.82) is 0 Å². The standard InChI is InChI=1S/C17H18N2O7/c1-6(2)7-4-8(13(20)9(5-7)26-3)10-11(16(22)23)14(18)19-15(21)12(10)17(24)25/h4-6,20H,1-3H3,(H,22,23)(H,24,25)(H3,18,19,21). The lowest BCUT2D eigenvalue weighted by Gasteiger charge is -2.17. The smallest absolute Gasteiger partial charge is 0.342 e. The molecule has 0 radical (unpaired) electrons. The van der Waals surface area contributed by atoms with Crippen LogP contribution in [-0.4, -0.2) is 39.4 Å². The molecule has 138 valence electrons. The molecule has 0 aliphatic carbocycles. The summed E-state index contributed by atoms with van der Waals surface area (Å²) in [6, 6.07) is 2.95. The molecule has 9 heteroatoms. The molecule has 2 aromatic rings. The van der Waals surface area contributed by atoms with Crippen LogP contribution in [0.15, 0.2) is 16.9 Å². The van der Waals surface area contributed by atoms with E-state index in [9.17, 15) is 29.7 Å². The highest BCUT2D eigenvalue weighted by Crippen LogP contribution is 2.42. The molecule has 0 amide bonds. The summed E-state index contributed by atoms with van der Waals surface area (Å²) in [7, 11) is 1.30. The molecule has 0 bridgehead atoms. The largest absolute Gasteiger partial charge is 0.504 e. The number of phenolic OH excluding ortho intramolecular Hbond substituents is 1. The van der Waals surface area contributed by atoms with Crippen molar-refractivity contribution in [1.82, 2.24) is 4.98 Å². The fourth-order valence-corrected chi connectivity index (χ4v) is 2.62. The van der Waals surface area contributed by atoms with Gasteiger partial charge in [-0.05, 0) is 23.6 Å². The number of carboxylic acid groups (broad SMARTS) is 2. The van der Waals surface area contributed by atoms with E-state index >= 15 is 0 Å². The molecule has 0 atom stereocenters. The molecule has 0 unspecified atom stereocenters. The number of carboxylic acids is 2. The maximum atomic E-state index is 12.1. The Bertz CT molecular complexity index is 961. The Kier molecular flexibility index (Phi) is 4.92. The Morgan fingerprint density at radius 1 is 1.15 bits per heavy atom. The number of hydrogen-bond donors (Lipinski definition) is 5. The van der Waals surface area contributed by atoms with E-state index in [1.165, 1.54) is 13.2 Å². The predicted octanol–water partition coefficient (Wildman–Crippen LogP) is 1.86. The van der Waals surface area contributed by atoms with Crippen molar-refractivity contribution in [3.8, 4) is 22.6 Å². The lowest BCUT2D eigenvalue weighted by molar-refractivity contribution is 0.0695. The molecule has 0 fully saturated rings. The van der Waals surface area contributed by atoms with E-state index in [0.29, 0.717) is 5.56 Å². The van der Waals surface area contributed by atoms with Crippen LogP contribution in [0, 0.1) is 0 Å². The number of benzene rings is 1. The zero-order chi connectivity index (χ0) is 19.8. The molecular weight excluding hydrogens is 344 g/mol. The van der Waals surface area contributed by atoms with Crippen molar-refractivity contribution >= 4 is 17.8 Å². The summed E-state index contributed by atoms with van der Waals surface area (Å²) in [6.07, 6.45) is 0. The molecule has 6 N–H and O–H groups in total. The summed E-state index contributed by atoms with van der Waals surface area (Å²) in [4.78, 5) is 37.4. The van der Waals surface area contributed by atoms with Gasteiger partial charge in [0.15, 0.2) is 11.5 Å². The Hall–Kier alpha value is -3.49. The van der Waals surface area contributed by atoms with E-state index in [-0.39, 0.29) is 17.2 Å². The summed E-state index contributed by atoms with van der Waals surface area (Å²) < 4.78 is 5.10. The zero-order valence-corrected chi connectivity index (χ0v) is 14.3. The van der Waals surface area contributed by atoms with Crippen LogP contribution in [0.2, 0.25) is 0 Å². The fraction of sp³-hybridized carbons (Fsp3) is 0.235. The van der Waals surface area contributed by atoms with Gasteiger partial charge in [-0.1, -0.05) is 13.8 Å². The third-order valence-corrected chi connectivity index (χ3v) is 3.93. The average Bonchev–Trinajstić information content (AvgIpc) is 2.53. The van der Waals surface area contributed by atoms with E-state index < -0.39 is 45.8 Å². The van der Waals surface area contributed by atoms with Gasteiger partial charge in [0, 0.05) is 11.1 Å². The Balaban J connectivity index is 3.09. The second-order valence-corrected chi connectivity index (χ2v) is 5.88. The number of aromatic amines is 1. The third-order valence-electron chi connectivity index (χ3n) is 3.93. The van der Waals surface area contributed by atoms with Crippen molar-refractivity contribution in [2.24, 2.45) is 0 Å². The number of phenols is 1. The number of H-pyrrole nitrogens is 1. The van der Waals surface area contributed by atoms with E-state index in [2.05, 4.69) is 0 Å². The molecule has 2 rings (SSSR count). The minimum Gasteiger partial charge on any atom is -0.504 e. The second kappa shape index (κ2) is 6.79. The van der Waals surface area contributed by atoms with Gasteiger partial charge in [-0.15, -0.1) is 0 Å². The molecule has 0 aliphatic heterocycles. The number of pyridine rings is 1. The van der Waals surface area contributed by atoms with Crippen LogP contribution >= 0.6 is 0 Å². The first-order valence-electron chi connectivity index (χ1n) is 7.53. The van der Waals surface area contributed by atoms with E-state index in [1.54, 1.807) is 6.07 Å². The van der Waals surface area contributed by atoms with Gasteiger partial charge < -0.3 is 30.8 Å².